The fraction of sp³-hybridized carbons (Fsp3) is 0.100. The van der Waals surface area contributed by atoms with Gasteiger partial charge in [-0.15, -0.1) is 0 Å². The first kappa shape index (κ1) is 15.5. The van der Waals surface area contributed by atoms with Crippen molar-refractivity contribution in [3.8, 4) is 0 Å². The Balaban J connectivity index is 2.43. The van der Waals surface area contributed by atoms with E-state index in [-0.39, 0.29) is 26.6 Å². The van der Waals surface area contributed by atoms with E-state index in [1.807, 2.05) is 0 Å². The smallest absolute Gasteiger partial charge is 0.371 e. The van der Waals surface area contributed by atoms with Crippen molar-refractivity contribution in [3.05, 3.63) is 34.1 Å². The van der Waals surface area contributed by atoms with Crippen molar-refractivity contribution in [1.29, 1.82) is 0 Å². The number of rotatable bonds is 4. The fourth-order valence-corrected chi connectivity index (χ4v) is 2.97. The molecule has 0 unspecified atom stereocenters. The summed E-state index contributed by atoms with van der Waals surface area (Å²) in [7, 11) is -4.14. The first-order valence-electron chi connectivity index (χ1n) is 5.25. The molecule has 0 saturated heterocycles. The average Bonchev–Trinajstić information content (AvgIpc) is 2.78. The molecule has 2 heterocycles. The first-order valence-corrected chi connectivity index (χ1v) is 7.49. The molecule has 0 fully saturated rings. The summed E-state index contributed by atoms with van der Waals surface area (Å²) in [4.78, 5) is 17.7. The van der Waals surface area contributed by atoms with Crippen LogP contribution in [0.15, 0.2) is 21.7 Å². The number of aromatic nitrogens is 2. The minimum Gasteiger partial charge on any atom is -0.475 e. The zero-order valence-electron chi connectivity index (χ0n) is 10.3. The van der Waals surface area contributed by atoms with E-state index in [1.54, 1.807) is 0 Å². The third-order valence-corrected chi connectivity index (χ3v) is 4.54. The number of nitrogens with zero attached hydrogens (tertiary/aromatic N) is 2. The van der Waals surface area contributed by atoms with E-state index in [1.165, 1.54) is 6.92 Å². The molecular weight excluding hydrogens is 345 g/mol. The highest BCUT2D eigenvalue weighted by molar-refractivity contribution is 7.92. The van der Waals surface area contributed by atoms with Gasteiger partial charge in [-0.05, 0) is 6.92 Å². The number of hydrogen-bond acceptors (Lipinski definition) is 6. The Morgan fingerprint density at radius 2 is 2.05 bits per heavy atom. The average molecular weight is 352 g/mol. The van der Waals surface area contributed by atoms with Crippen molar-refractivity contribution in [2.45, 2.75) is 11.8 Å². The maximum absolute atomic E-state index is 12.2. The lowest BCUT2D eigenvalue weighted by molar-refractivity contribution is 0.0661. The van der Waals surface area contributed by atoms with E-state index in [9.17, 15) is 13.2 Å². The van der Waals surface area contributed by atoms with Crippen LogP contribution in [-0.4, -0.2) is 29.5 Å². The fourth-order valence-electron chi connectivity index (χ4n) is 1.44. The summed E-state index contributed by atoms with van der Waals surface area (Å²) in [6.07, 6.45) is 1.02. The van der Waals surface area contributed by atoms with Gasteiger partial charge in [0, 0.05) is 6.07 Å². The SMILES string of the molecule is Cc1oc(C(=O)O)cc1S(=O)(=O)Nc1ncnc(Cl)c1Cl. The summed E-state index contributed by atoms with van der Waals surface area (Å²) in [6.45, 7) is 1.32. The monoisotopic (exact) mass is 351 g/mol. The molecule has 0 saturated carbocycles. The summed E-state index contributed by atoms with van der Waals surface area (Å²) in [5.74, 6) is -2.20. The van der Waals surface area contributed by atoms with Crippen LogP contribution in [0.25, 0.3) is 0 Å². The minimum absolute atomic E-state index is 0.0869. The second-order valence-corrected chi connectivity index (χ2v) is 6.16. The molecule has 0 bridgehead atoms. The van der Waals surface area contributed by atoms with Crippen LogP contribution in [0.2, 0.25) is 10.2 Å². The van der Waals surface area contributed by atoms with Crippen LogP contribution in [0.5, 0.6) is 0 Å². The number of furan rings is 1. The van der Waals surface area contributed by atoms with Crippen LogP contribution in [0.1, 0.15) is 16.3 Å². The Kier molecular flexibility index (Phi) is 4.08. The predicted octanol–water partition coefficient (Wildman–Crippen LogP) is 2.18. The number of aryl methyl sites for hydroxylation is 1. The van der Waals surface area contributed by atoms with Gasteiger partial charge in [0.15, 0.2) is 11.0 Å². The van der Waals surface area contributed by atoms with Crippen molar-refractivity contribution >= 4 is 45.0 Å². The second-order valence-electron chi connectivity index (χ2n) is 3.77. The Morgan fingerprint density at radius 1 is 1.38 bits per heavy atom. The third kappa shape index (κ3) is 3.09. The number of aromatic carboxylic acids is 1. The van der Waals surface area contributed by atoms with Gasteiger partial charge in [0.2, 0.25) is 5.76 Å². The highest BCUT2D eigenvalue weighted by Gasteiger charge is 2.25. The van der Waals surface area contributed by atoms with Crippen LogP contribution in [0, 0.1) is 6.92 Å². The van der Waals surface area contributed by atoms with Gasteiger partial charge >= 0.3 is 5.97 Å². The number of nitrogens with one attached hydrogen (secondary N) is 1. The number of carboxylic acid groups (broad SMARTS) is 1. The Labute approximate surface area is 128 Å². The van der Waals surface area contributed by atoms with E-state index < -0.39 is 21.8 Å². The molecule has 8 nitrogen and oxygen atoms in total. The number of hydrogen-bond donors (Lipinski definition) is 2. The highest BCUT2D eigenvalue weighted by Crippen LogP contribution is 2.28. The molecule has 0 amide bonds. The number of carboxylic acids is 1. The number of carbonyl (C=O) groups is 1. The highest BCUT2D eigenvalue weighted by atomic mass is 35.5. The van der Waals surface area contributed by atoms with Gasteiger partial charge < -0.3 is 9.52 Å². The topological polar surface area (TPSA) is 122 Å². The van der Waals surface area contributed by atoms with Crippen molar-refractivity contribution in [2.75, 3.05) is 4.72 Å². The maximum atomic E-state index is 12.2. The molecule has 0 spiro atoms. The lowest BCUT2D eigenvalue weighted by Gasteiger charge is -2.07. The summed E-state index contributed by atoms with van der Waals surface area (Å²) in [6, 6.07) is 0.886. The number of halogens is 2. The Hall–Kier alpha value is -1.84. The molecule has 11 heteroatoms. The van der Waals surface area contributed by atoms with Gasteiger partial charge in [0.05, 0.1) is 0 Å². The molecule has 0 aliphatic rings. The van der Waals surface area contributed by atoms with Crippen LogP contribution in [-0.2, 0) is 10.0 Å². The molecule has 0 aliphatic heterocycles. The van der Waals surface area contributed by atoms with Crippen molar-refractivity contribution in [3.63, 3.8) is 0 Å². The van der Waals surface area contributed by atoms with Crippen molar-refractivity contribution in [2.24, 2.45) is 0 Å². The lowest BCUT2D eigenvalue weighted by atomic mass is 10.4. The van der Waals surface area contributed by atoms with Gasteiger partial charge in [-0.1, -0.05) is 23.2 Å². The summed E-state index contributed by atoms with van der Waals surface area (Å²) >= 11 is 11.4. The molecule has 112 valence electrons. The molecule has 21 heavy (non-hydrogen) atoms. The maximum Gasteiger partial charge on any atom is 0.371 e. The largest absolute Gasteiger partial charge is 0.475 e. The number of sulfonamides is 1. The van der Waals surface area contributed by atoms with Gasteiger partial charge in [0.25, 0.3) is 10.0 Å². The zero-order valence-corrected chi connectivity index (χ0v) is 12.6. The van der Waals surface area contributed by atoms with E-state index in [4.69, 9.17) is 32.7 Å². The summed E-state index contributed by atoms with van der Waals surface area (Å²) < 4.78 is 31.3. The molecule has 0 radical (unpaired) electrons. The lowest BCUT2D eigenvalue weighted by Crippen LogP contribution is -2.14. The normalized spacial score (nSPS) is 11.4. The molecule has 0 aromatic carbocycles. The second kappa shape index (κ2) is 5.51. The van der Waals surface area contributed by atoms with Gasteiger partial charge in [-0.25, -0.2) is 23.2 Å². The molecule has 0 atom stereocenters. The number of anilines is 1. The Morgan fingerprint density at radius 3 is 2.62 bits per heavy atom. The van der Waals surface area contributed by atoms with Crippen LogP contribution in [0.3, 0.4) is 0 Å². The van der Waals surface area contributed by atoms with Crippen molar-refractivity contribution < 1.29 is 22.7 Å². The molecule has 0 aliphatic carbocycles. The standard InChI is InChI=1S/C10H7Cl2N3O5S/c1-4-6(2-5(20-4)10(16)17)21(18,19)15-9-7(11)8(12)13-3-14-9/h2-3H,1H3,(H,16,17)(H,13,14,15). The predicted molar refractivity (Wildman–Crippen MR) is 73.3 cm³/mol. The molecule has 2 aromatic heterocycles. The van der Waals surface area contributed by atoms with E-state index in [0.29, 0.717) is 0 Å². The zero-order chi connectivity index (χ0) is 15.8. The van der Waals surface area contributed by atoms with E-state index in [0.717, 1.165) is 12.4 Å². The summed E-state index contributed by atoms with van der Waals surface area (Å²) in [5, 5.41) is 8.49. The van der Waals surface area contributed by atoms with Crippen molar-refractivity contribution in [1.82, 2.24) is 9.97 Å². The molecule has 2 aromatic rings. The van der Waals surface area contributed by atoms with Crippen LogP contribution in [0.4, 0.5) is 5.82 Å². The third-order valence-electron chi connectivity index (χ3n) is 2.35. The van der Waals surface area contributed by atoms with E-state index in [2.05, 4.69) is 14.7 Å². The quantitative estimate of drug-likeness (QED) is 0.809. The first-order chi connectivity index (χ1) is 9.72. The van der Waals surface area contributed by atoms with Crippen LogP contribution >= 0.6 is 23.2 Å². The summed E-state index contributed by atoms with van der Waals surface area (Å²) in [5.41, 5.74) is 0. The molecule has 2 N–H and O–H groups in total. The Bertz CT molecular complexity index is 818. The van der Waals surface area contributed by atoms with Gasteiger partial charge in [-0.2, -0.15) is 0 Å². The van der Waals surface area contributed by atoms with Gasteiger partial charge in [-0.3, -0.25) is 4.72 Å². The van der Waals surface area contributed by atoms with Crippen LogP contribution < -0.4 is 4.72 Å². The van der Waals surface area contributed by atoms with E-state index >= 15 is 0 Å². The van der Waals surface area contributed by atoms with Gasteiger partial charge in [0.1, 0.15) is 22.0 Å². The molecular formula is C10H7Cl2N3O5S. The minimum atomic E-state index is -4.14. The molecule has 2 rings (SSSR count).